The van der Waals surface area contributed by atoms with Crippen LogP contribution in [0, 0.1) is 0 Å². The van der Waals surface area contributed by atoms with Crippen LogP contribution in [-0.4, -0.2) is 26.3 Å². The zero-order valence-corrected chi connectivity index (χ0v) is 11.7. The first-order valence-electron chi connectivity index (χ1n) is 4.91. The molecule has 0 radical (unpaired) electrons. The number of anilines is 1. The summed E-state index contributed by atoms with van der Waals surface area (Å²) in [6.45, 7) is 2.44. The summed E-state index contributed by atoms with van der Waals surface area (Å²) in [5.41, 5.74) is 6.14. The standard InChI is InChI=1S/C10H15BrN2O2S/c1-3-6-13(2)16(14,15)8-4-5-10(12)9(11)7-8/h4-5,7H,3,6,12H2,1-2H3. The highest BCUT2D eigenvalue weighted by atomic mass is 79.9. The Labute approximate surface area is 105 Å². The van der Waals surface area contributed by atoms with Crippen molar-refractivity contribution in [3.05, 3.63) is 22.7 Å². The van der Waals surface area contributed by atoms with Crippen molar-refractivity contribution < 1.29 is 8.42 Å². The molecule has 2 N–H and O–H groups in total. The van der Waals surface area contributed by atoms with E-state index >= 15 is 0 Å². The van der Waals surface area contributed by atoms with Crippen molar-refractivity contribution in [2.45, 2.75) is 18.2 Å². The number of rotatable bonds is 4. The lowest BCUT2D eigenvalue weighted by Gasteiger charge is -2.16. The van der Waals surface area contributed by atoms with Gasteiger partial charge < -0.3 is 5.73 Å². The van der Waals surface area contributed by atoms with Crippen LogP contribution in [0.4, 0.5) is 5.69 Å². The Morgan fingerprint density at radius 3 is 2.56 bits per heavy atom. The van der Waals surface area contributed by atoms with Crippen molar-refractivity contribution in [3.8, 4) is 0 Å². The molecule has 0 aliphatic heterocycles. The Balaban J connectivity index is 3.12. The molecule has 1 rings (SSSR count). The van der Waals surface area contributed by atoms with E-state index in [9.17, 15) is 8.42 Å². The summed E-state index contributed by atoms with van der Waals surface area (Å²) >= 11 is 3.22. The topological polar surface area (TPSA) is 63.4 Å². The molecule has 0 saturated heterocycles. The maximum Gasteiger partial charge on any atom is 0.242 e. The highest BCUT2D eigenvalue weighted by Crippen LogP contribution is 2.24. The van der Waals surface area contributed by atoms with Crippen molar-refractivity contribution in [1.29, 1.82) is 0 Å². The van der Waals surface area contributed by atoms with Crippen LogP contribution in [0.5, 0.6) is 0 Å². The molecule has 0 amide bonds. The summed E-state index contributed by atoms with van der Waals surface area (Å²) in [6.07, 6.45) is 0.784. The molecule has 0 aromatic heterocycles. The normalized spacial score (nSPS) is 12.0. The van der Waals surface area contributed by atoms with E-state index in [0.717, 1.165) is 6.42 Å². The van der Waals surface area contributed by atoms with Gasteiger partial charge in [0, 0.05) is 23.8 Å². The van der Waals surface area contributed by atoms with Crippen molar-refractivity contribution in [2.24, 2.45) is 0 Å². The summed E-state index contributed by atoms with van der Waals surface area (Å²) < 4.78 is 26.0. The second kappa shape index (κ2) is 5.16. The average Bonchev–Trinajstić information content (AvgIpc) is 2.22. The molecule has 90 valence electrons. The summed E-state index contributed by atoms with van der Waals surface area (Å²) in [7, 11) is -1.82. The summed E-state index contributed by atoms with van der Waals surface area (Å²) in [6, 6.07) is 4.62. The fourth-order valence-corrected chi connectivity index (χ4v) is 3.10. The number of halogens is 1. The summed E-state index contributed by atoms with van der Waals surface area (Å²) in [5.74, 6) is 0. The number of sulfonamides is 1. The number of hydrogen-bond donors (Lipinski definition) is 1. The number of benzene rings is 1. The van der Waals surface area contributed by atoms with Gasteiger partial charge in [-0.05, 0) is 40.5 Å². The van der Waals surface area contributed by atoms with E-state index in [-0.39, 0.29) is 4.90 Å². The Morgan fingerprint density at radius 1 is 1.44 bits per heavy atom. The van der Waals surface area contributed by atoms with Gasteiger partial charge in [-0.2, -0.15) is 0 Å². The zero-order valence-electron chi connectivity index (χ0n) is 9.27. The van der Waals surface area contributed by atoms with Crippen LogP contribution >= 0.6 is 15.9 Å². The van der Waals surface area contributed by atoms with Gasteiger partial charge >= 0.3 is 0 Å². The van der Waals surface area contributed by atoms with Gasteiger partial charge in [0.15, 0.2) is 0 Å². The maximum absolute atomic E-state index is 12.0. The van der Waals surface area contributed by atoms with Crippen LogP contribution in [-0.2, 0) is 10.0 Å². The minimum atomic E-state index is -3.39. The number of nitrogens with two attached hydrogens (primary N) is 1. The minimum Gasteiger partial charge on any atom is -0.398 e. The van der Waals surface area contributed by atoms with Gasteiger partial charge in [-0.15, -0.1) is 0 Å². The van der Waals surface area contributed by atoms with Gasteiger partial charge in [-0.1, -0.05) is 6.92 Å². The molecule has 0 unspecified atom stereocenters. The molecule has 0 heterocycles. The number of nitrogens with zero attached hydrogens (tertiary/aromatic N) is 1. The van der Waals surface area contributed by atoms with Crippen LogP contribution in [0.2, 0.25) is 0 Å². The van der Waals surface area contributed by atoms with Crippen LogP contribution in [0.3, 0.4) is 0 Å². The van der Waals surface area contributed by atoms with E-state index in [1.807, 2.05) is 6.92 Å². The van der Waals surface area contributed by atoms with Crippen molar-refractivity contribution in [2.75, 3.05) is 19.3 Å². The fourth-order valence-electron chi connectivity index (χ4n) is 1.28. The van der Waals surface area contributed by atoms with Crippen LogP contribution in [0.25, 0.3) is 0 Å². The molecular weight excluding hydrogens is 292 g/mol. The molecule has 0 atom stereocenters. The first-order valence-corrected chi connectivity index (χ1v) is 7.14. The molecule has 0 spiro atoms. The van der Waals surface area contributed by atoms with Crippen LogP contribution < -0.4 is 5.73 Å². The molecule has 1 aromatic rings. The quantitative estimate of drug-likeness (QED) is 0.866. The Morgan fingerprint density at radius 2 is 2.06 bits per heavy atom. The van der Waals surface area contributed by atoms with E-state index in [0.29, 0.717) is 16.7 Å². The smallest absolute Gasteiger partial charge is 0.242 e. The molecule has 0 bridgehead atoms. The number of nitrogen functional groups attached to an aromatic ring is 1. The number of hydrogen-bond acceptors (Lipinski definition) is 3. The van der Waals surface area contributed by atoms with Gasteiger partial charge in [0.05, 0.1) is 4.90 Å². The molecule has 0 aliphatic carbocycles. The van der Waals surface area contributed by atoms with Gasteiger partial charge in [0.1, 0.15) is 0 Å². The fraction of sp³-hybridized carbons (Fsp3) is 0.400. The van der Waals surface area contributed by atoms with E-state index in [2.05, 4.69) is 15.9 Å². The summed E-state index contributed by atoms with van der Waals surface area (Å²) in [5, 5.41) is 0. The third kappa shape index (κ3) is 2.75. The molecule has 16 heavy (non-hydrogen) atoms. The summed E-state index contributed by atoms with van der Waals surface area (Å²) in [4.78, 5) is 0.254. The maximum atomic E-state index is 12.0. The average molecular weight is 307 g/mol. The second-order valence-electron chi connectivity index (χ2n) is 3.51. The third-order valence-corrected chi connectivity index (χ3v) is 4.76. The van der Waals surface area contributed by atoms with Crippen molar-refractivity contribution in [3.63, 3.8) is 0 Å². The molecule has 0 fully saturated rings. The molecule has 6 heteroatoms. The largest absolute Gasteiger partial charge is 0.398 e. The lowest BCUT2D eigenvalue weighted by atomic mass is 10.3. The first-order chi connectivity index (χ1) is 7.39. The van der Waals surface area contributed by atoms with Crippen LogP contribution in [0.1, 0.15) is 13.3 Å². The van der Waals surface area contributed by atoms with Crippen molar-refractivity contribution >= 4 is 31.6 Å². The van der Waals surface area contributed by atoms with Gasteiger partial charge in [0.2, 0.25) is 10.0 Å². The lowest BCUT2D eigenvalue weighted by Crippen LogP contribution is -2.27. The van der Waals surface area contributed by atoms with E-state index in [1.54, 1.807) is 13.1 Å². The van der Waals surface area contributed by atoms with Crippen LogP contribution in [0.15, 0.2) is 27.6 Å². The van der Waals surface area contributed by atoms with E-state index < -0.39 is 10.0 Å². The van der Waals surface area contributed by atoms with Gasteiger partial charge in [-0.3, -0.25) is 0 Å². The Bertz CT molecular complexity index is 474. The molecule has 4 nitrogen and oxygen atoms in total. The predicted octanol–water partition coefficient (Wildman–Crippen LogP) is 2.06. The Hall–Kier alpha value is -0.590. The Kier molecular flexibility index (Phi) is 4.35. The second-order valence-corrected chi connectivity index (χ2v) is 6.41. The lowest BCUT2D eigenvalue weighted by molar-refractivity contribution is 0.468. The monoisotopic (exact) mass is 306 g/mol. The highest BCUT2D eigenvalue weighted by Gasteiger charge is 2.20. The predicted molar refractivity (Wildman–Crippen MR) is 68.7 cm³/mol. The minimum absolute atomic E-state index is 0.254. The van der Waals surface area contributed by atoms with E-state index in [4.69, 9.17) is 5.73 Å². The molecular formula is C10H15BrN2O2S. The van der Waals surface area contributed by atoms with Gasteiger partial charge in [0.25, 0.3) is 0 Å². The molecule has 0 saturated carbocycles. The van der Waals surface area contributed by atoms with E-state index in [1.165, 1.54) is 16.4 Å². The zero-order chi connectivity index (χ0) is 12.3. The third-order valence-electron chi connectivity index (χ3n) is 2.22. The first kappa shape index (κ1) is 13.5. The van der Waals surface area contributed by atoms with Crippen molar-refractivity contribution in [1.82, 2.24) is 4.31 Å². The SMILES string of the molecule is CCCN(C)S(=O)(=O)c1ccc(N)c(Br)c1. The molecule has 0 aliphatic rings. The van der Waals surface area contributed by atoms with Gasteiger partial charge in [-0.25, -0.2) is 12.7 Å². The highest BCUT2D eigenvalue weighted by molar-refractivity contribution is 9.10. The molecule has 1 aromatic carbocycles.